The van der Waals surface area contributed by atoms with Crippen LogP contribution in [-0.2, 0) is 21.4 Å². The SMILES string of the molecule is O=C(O)c1cn(CCN(C2(C(=O)O)CC2c2ccccc2)S(=O)(=O)c2ccc(-c3ccc(Cl)cc3)cc2)cn1. The topological polar surface area (TPSA) is 130 Å². The zero-order valence-corrected chi connectivity index (χ0v) is 22.1. The minimum Gasteiger partial charge on any atom is -0.480 e. The highest BCUT2D eigenvalue weighted by Crippen LogP contribution is 2.57. The van der Waals surface area contributed by atoms with Crippen LogP contribution in [0.15, 0.2) is 96.3 Å². The summed E-state index contributed by atoms with van der Waals surface area (Å²) in [6.07, 6.45) is 2.67. The van der Waals surface area contributed by atoms with Gasteiger partial charge in [0, 0.05) is 30.2 Å². The molecular formula is C28H24ClN3O6S. The molecule has 0 radical (unpaired) electrons. The first-order valence-electron chi connectivity index (χ1n) is 12.0. The number of benzene rings is 3. The van der Waals surface area contributed by atoms with E-state index in [4.69, 9.17) is 11.6 Å². The summed E-state index contributed by atoms with van der Waals surface area (Å²) in [5.74, 6) is -3.00. The predicted octanol–water partition coefficient (Wildman–Crippen LogP) is 4.60. The number of carbonyl (C=O) groups is 2. The molecule has 200 valence electrons. The Labute approximate surface area is 230 Å². The lowest BCUT2D eigenvalue weighted by molar-refractivity contribution is -0.143. The van der Waals surface area contributed by atoms with Crippen molar-refractivity contribution in [3.63, 3.8) is 0 Å². The van der Waals surface area contributed by atoms with Crippen LogP contribution in [0.25, 0.3) is 11.1 Å². The van der Waals surface area contributed by atoms with E-state index in [1.807, 2.05) is 18.2 Å². The molecule has 11 heteroatoms. The van der Waals surface area contributed by atoms with Crippen molar-refractivity contribution in [3.8, 4) is 11.1 Å². The van der Waals surface area contributed by atoms with Gasteiger partial charge in [-0.3, -0.25) is 4.79 Å². The number of aromatic nitrogens is 2. The minimum atomic E-state index is -4.29. The van der Waals surface area contributed by atoms with E-state index in [-0.39, 0.29) is 30.1 Å². The molecule has 0 spiro atoms. The molecule has 0 aliphatic heterocycles. The van der Waals surface area contributed by atoms with Gasteiger partial charge in [0.25, 0.3) is 0 Å². The molecule has 3 aromatic carbocycles. The van der Waals surface area contributed by atoms with Gasteiger partial charge in [-0.05, 0) is 47.4 Å². The summed E-state index contributed by atoms with van der Waals surface area (Å²) in [4.78, 5) is 27.7. The molecule has 39 heavy (non-hydrogen) atoms. The van der Waals surface area contributed by atoms with Crippen LogP contribution in [-0.4, -0.2) is 56.5 Å². The highest BCUT2D eigenvalue weighted by Gasteiger charge is 2.67. The van der Waals surface area contributed by atoms with Crippen molar-refractivity contribution in [2.24, 2.45) is 0 Å². The number of carboxylic acid groups (broad SMARTS) is 2. The highest BCUT2D eigenvalue weighted by molar-refractivity contribution is 7.89. The second kappa shape index (κ2) is 10.3. The maximum Gasteiger partial charge on any atom is 0.356 e. The number of hydrogen-bond acceptors (Lipinski definition) is 5. The quantitative estimate of drug-likeness (QED) is 0.287. The van der Waals surface area contributed by atoms with Crippen molar-refractivity contribution in [2.75, 3.05) is 6.54 Å². The molecule has 1 aromatic heterocycles. The first-order valence-corrected chi connectivity index (χ1v) is 13.9. The van der Waals surface area contributed by atoms with Crippen molar-refractivity contribution in [1.29, 1.82) is 0 Å². The van der Waals surface area contributed by atoms with E-state index >= 15 is 0 Å². The summed E-state index contributed by atoms with van der Waals surface area (Å²) >= 11 is 5.97. The summed E-state index contributed by atoms with van der Waals surface area (Å²) in [5.41, 5.74) is 0.476. The lowest BCUT2D eigenvalue weighted by Crippen LogP contribution is -2.49. The van der Waals surface area contributed by atoms with E-state index < -0.39 is 33.4 Å². The van der Waals surface area contributed by atoms with E-state index in [1.54, 1.807) is 48.5 Å². The van der Waals surface area contributed by atoms with Gasteiger partial charge >= 0.3 is 11.9 Å². The number of imidazole rings is 1. The summed E-state index contributed by atoms with van der Waals surface area (Å²) in [7, 11) is -4.29. The third kappa shape index (κ3) is 5.06. The molecule has 2 unspecified atom stereocenters. The summed E-state index contributed by atoms with van der Waals surface area (Å²) in [5, 5.41) is 20.2. The Morgan fingerprint density at radius 3 is 2.15 bits per heavy atom. The van der Waals surface area contributed by atoms with Gasteiger partial charge in [0.15, 0.2) is 5.69 Å². The second-order valence-corrected chi connectivity index (χ2v) is 11.6. The standard InChI is InChI=1S/C28H24ClN3O6S/c29-22-10-6-19(7-11-22)20-8-12-23(13-9-20)39(37,38)32(15-14-31-17-25(26(33)34)30-18-31)28(27(35)36)16-24(28)21-4-2-1-3-5-21/h1-13,17-18,24H,14-16H2,(H,33,34)(H,35,36). The van der Waals surface area contributed by atoms with Crippen LogP contribution >= 0.6 is 11.6 Å². The molecule has 0 saturated heterocycles. The molecule has 2 N–H and O–H groups in total. The van der Waals surface area contributed by atoms with Gasteiger partial charge in [0.2, 0.25) is 10.0 Å². The lowest BCUT2D eigenvalue weighted by atomic mass is 10.1. The van der Waals surface area contributed by atoms with Crippen LogP contribution in [0, 0.1) is 0 Å². The van der Waals surface area contributed by atoms with Crippen molar-refractivity contribution in [2.45, 2.75) is 29.3 Å². The number of carboxylic acids is 2. The van der Waals surface area contributed by atoms with Crippen LogP contribution in [0.1, 0.15) is 28.4 Å². The Kier molecular flexibility index (Phi) is 7.02. The van der Waals surface area contributed by atoms with E-state index in [0.717, 1.165) is 21.0 Å². The average Bonchev–Trinajstić information content (AvgIpc) is 3.50. The van der Waals surface area contributed by atoms with Gasteiger partial charge in [-0.1, -0.05) is 66.2 Å². The van der Waals surface area contributed by atoms with Gasteiger partial charge in [-0.25, -0.2) is 18.2 Å². The number of aromatic carboxylic acids is 1. The molecule has 2 atom stereocenters. The number of sulfonamides is 1. The molecule has 0 bridgehead atoms. The highest BCUT2D eigenvalue weighted by atomic mass is 35.5. The summed E-state index contributed by atoms with van der Waals surface area (Å²) in [6.45, 7) is -0.189. The zero-order chi connectivity index (χ0) is 27.8. The van der Waals surface area contributed by atoms with E-state index in [9.17, 15) is 28.2 Å². The maximum atomic E-state index is 14.1. The Hall–Kier alpha value is -3.99. The summed E-state index contributed by atoms with van der Waals surface area (Å²) < 4.78 is 30.6. The third-order valence-corrected chi connectivity index (χ3v) is 9.19. The van der Waals surface area contributed by atoms with E-state index in [0.29, 0.717) is 5.02 Å². The smallest absolute Gasteiger partial charge is 0.356 e. The first-order chi connectivity index (χ1) is 18.6. The lowest BCUT2D eigenvalue weighted by Gasteiger charge is -2.29. The van der Waals surface area contributed by atoms with Gasteiger partial charge < -0.3 is 14.8 Å². The van der Waals surface area contributed by atoms with Crippen molar-refractivity contribution < 1.29 is 28.2 Å². The molecule has 1 fully saturated rings. The normalized spacial score (nSPS) is 18.7. The largest absolute Gasteiger partial charge is 0.480 e. The second-order valence-electron chi connectivity index (χ2n) is 9.31. The molecule has 1 saturated carbocycles. The molecule has 1 aliphatic carbocycles. The van der Waals surface area contributed by atoms with Crippen LogP contribution < -0.4 is 0 Å². The number of halogens is 1. The Morgan fingerprint density at radius 1 is 0.974 bits per heavy atom. The van der Waals surface area contributed by atoms with Crippen LogP contribution in [0.5, 0.6) is 0 Å². The monoisotopic (exact) mass is 565 g/mol. The van der Waals surface area contributed by atoms with Crippen LogP contribution in [0.4, 0.5) is 0 Å². The van der Waals surface area contributed by atoms with Gasteiger partial charge in [-0.2, -0.15) is 4.31 Å². The molecule has 9 nitrogen and oxygen atoms in total. The van der Waals surface area contributed by atoms with Crippen molar-refractivity contribution >= 4 is 33.6 Å². The van der Waals surface area contributed by atoms with Gasteiger partial charge in [-0.15, -0.1) is 0 Å². The Bertz CT molecular complexity index is 1620. The fourth-order valence-corrected chi connectivity index (χ4v) is 6.76. The molecule has 0 amide bonds. The maximum absolute atomic E-state index is 14.1. The molecule has 5 rings (SSSR count). The van der Waals surface area contributed by atoms with Gasteiger partial charge in [0.05, 0.1) is 11.2 Å². The predicted molar refractivity (Wildman–Crippen MR) is 144 cm³/mol. The fourth-order valence-electron chi connectivity index (χ4n) is 4.87. The van der Waals surface area contributed by atoms with Gasteiger partial charge in [0.1, 0.15) is 5.54 Å². The van der Waals surface area contributed by atoms with Crippen molar-refractivity contribution in [1.82, 2.24) is 13.9 Å². The summed E-state index contributed by atoms with van der Waals surface area (Å²) in [6, 6.07) is 22.3. The number of rotatable bonds is 10. The van der Waals surface area contributed by atoms with Crippen LogP contribution in [0.3, 0.4) is 0 Å². The zero-order valence-electron chi connectivity index (χ0n) is 20.5. The van der Waals surface area contributed by atoms with Crippen molar-refractivity contribution in [3.05, 3.63) is 108 Å². The molecular weight excluding hydrogens is 542 g/mol. The number of aliphatic carboxylic acids is 1. The molecule has 1 heterocycles. The van der Waals surface area contributed by atoms with E-state index in [2.05, 4.69) is 4.98 Å². The minimum absolute atomic E-state index is 0.0128. The molecule has 1 aliphatic rings. The Balaban J connectivity index is 1.51. The van der Waals surface area contributed by atoms with Crippen LogP contribution in [0.2, 0.25) is 5.02 Å². The Morgan fingerprint density at radius 2 is 1.59 bits per heavy atom. The molecule has 4 aromatic rings. The third-order valence-electron chi connectivity index (χ3n) is 6.98. The average molecular weight is 566 g/mol. The van der Waals surface area contributed by atoms with E-state index in [1.165, 1.54) is 29.2 Å². The number of hydrogen-bond donors (Lipinski definition) is 2. The fraction of sp³-hybridized carbons (Fsp3) is 0.179. The number of nitrogens with zero attached hydrogens (tertiary/aromatic N) is 3. The first kappa shape index (κ1) is 26.6.